The molecule has 0 bridgehead atoms. The van der Waals surface area contributed by atoms with Crippen LogP contribution in [0.2, 0.25) is 0 Å². The molecular formula is C37H33F5N6O2. The molecule has 2 aromatic carbocycles. The Bertz CT molecular complexity index is 2190. The van der Waals surface area contributed by atoms with Gasteiger partial charge in [0.15, 0.2) is 5.82 Å². The van der Waals surface area contributed by atoms with E-state index in [0.29, 0.717) is 37.2 Å². The van der Waals surface area contributed by atoms with Crippen molar-refractivity contribution < 1.29 is 31.4 Å². The lowest BCUT2D eigenvalue weighted by Crippen LogP contribution is -2.49. The van der Waals surface area contributed by atoms with Crippen molar-refractivity contribution >= 4 is 33.2 Å². The van der Waals surface area contributed by atoms with Gasteiger partial charge in [-0.25, -0.2) is 22.0 Å². The van der Waals surface area contributed by atoms with E-state index in [4.69, 9.17) is 26.6 Å². The number of hydrogen-bond donors (Lipinski definition) is 1. The maximum Gasteiger partial charge on any atom is 0.319 e. The predicted octanol–water partition coefficient (Wildman–Crippen LogP) is 5.89. The summed E-state index contributed by atoms with van der Waals surface area (Å²) in [5, 5.41) is 1.00. The topological polar surface area (TPSA) is 89.6 Å². The number of pyridine rings is 1. The van der Waals surface area contributed by atoms with Crippen LogP contribution in [0.4, 0.5) is 33.5 Å². The van der Waals surface area contributed by atoms with Gasteiger partial charge < -0.3 is 20.1 Å². The van der Waals surface area contributed by atoms with Crippen LogP contribution in [0, 0.1) is 40.7 Å². The largest absolute Gasteiger partial charge is 0.461 e. The van der Waals surface area contributed by atoms with E-state index in [0.717, 1.165) is 25.8 Å². The molecule has 50 heavy (non-hydrogen) atoms. The highest BCUT2D eigenvalue weighted by Crippen LogP contribution is 2.76. The normalized spacial score (nSPS) is 31.5. The van der Waals surface area contributed by atoms with Gasteiger partial charge in [0.25, 0.3) is 5.92 Å². The molecule has 4 aromatic rings. The van der Waals surface area contributed by atoms with Crippen LogP contribution in [-0.4, -0.2) is 83.0 Å². The minimum atomic E-state index is -2.70. The van der Waals surface area contributed by atoms with Gasteiger partial charge in [-0.15, -0.1) is 6.42 Å². The number of nitrogens with zero attached hydrogens (tertiary/aromatic N) is 5. The first-order valence-corrected chi connectivity index (χ1v) is 17.1. The lowest BCUT2D eigenvalue weighted by Gasteiger charge is -2.37. The molecule has 3 aliphatic heterocycles. The monoisotopic (exact) mass is 688 g/mol. The van der Waals surface area contributed by atoms with E-state index in [1.165, 1.54) is 24.4 Å². The summed E-state index contributed by atoms with van der Waals surface area (Å²) >= 11 is 0. The molecule has 13 heteroatoms. The van der Waals surface area contributed by atoms with Crippen molar-refractivity contribution in [3.05, 3.63) is 47.7 Å². The first kappa shape index (κ1) is 30.5. The van der Waals surface area contributed by atoms with Gasteiger partial charge in [0, 0.05) is 48.3 Å². The quantitative estimate of drug-likeness (QED) is 0.158. The van der Waals surface area contributed by atoms with Crippen LogP contribution >= 0.6 is 0 Å². The van der Waals surface area contributed by atoms with Gasteiger partial charge in [-0.05, 0) is 61.2 Å². The molecule has 0 radical (unpaired) electrons. The molecule has 0 amide bonds. The van der Waals surface area contributed by atoms with Crippen molar-refractivity contribution in [3.63, 3.8) is 0 Å². The highest BCUT2D eigenvalue weighted by Gasteiger charge is 2.82. The molecule has 10 rings (SSSR count). The molecule has 2 spiro atoms. The summed E-state index contributed by atoms with van der Waals surface area (Å²) in [5.74, 6) is -1.94. The molecule has 3 saturated heterocycles. The number of hydrogen-bond acceptors (Lipinski definition) is 8. The second kappa shape index (κ2) is 9.94. The average molecular weight is 689 g/mol. The van der Waals surface area contributed by atoms with E-state index < -0.39 is 40.7 Å². The molecule has 5 atom stereocenters. The molecule has 8 nitrogen and oxygen atoms in total. The zero-order valence-corrected chi connectivity index (χ0v) is 27.0. The summed E-state index contributed by atoms with van der Waals surface area (Å²) in [6.45, 7) is 1.97. The van der Waals surface area contributed by atoms with Gasteiger partial charge in [-0.1, -0.05) is 12.0 Å². The Hall–Kier alpha value is -4.28. The summed E-state index contributed by atoms with van der Waals surface area (Å²) in [4.78, 5) is 17.7. The molecule has 2 aromatic heterocycles. The molecule has 258 valence electrons. The number of aromatic nitrogens is 3. The summed E-state index contributed by atoms with van der Waals surface area (Å²) in [6, 6.07) is 5.18. The lowest BCUT2D eigenvalue weighted by atomic mass is 9.77. The third-order valence-corrected chi connectivity index (χ3v) is 12.7. The van der Waals surface area contributed by atoms with Crippen LogP contribution < -0.4 is 15.4 Å². The van der Waals surface area contributed by atoms with Crippen LogP contribution in [-0.2, 0) is 4.74 Å². The van der Waals surface area contributed by atoms with Crippen LogP contribution in [0.15, 0.2) is 30.5 Å². The average Bonchev–Trinajstić information content (AvgIpc) is 4.02. The van der Waals surface area contributed by atoms with Crippen LogP contribution in [0.5, 0.6) is 6.01 Å². The number of fused-ring (bicyclic) bond motifs is 5. The number of alkyl halides is 3. The summed E-state index contributed by atoms with van der Waals surface area (Å²) in [5.41, 5.74) is 4.56. The standard InChI is InChI=1S/C37H33F5N6O2/c1-2-21-25(38)4-3-19-11-20(43)12-22(26(19)21)29-28(40)30-23(13-44-29)32(48-9-10-49-14-24-27(39)31(24)48)46-33(45-30)50-18-36-15-35(16-37(35,41)42)17-47(36)8-7-34(36)5-6-34/h1,3-4,11-13,24,27,31H,5-10,14-18,43H2/t24-,27-,31-,35+,36-/m0/s1. The van der Waals surface area contributed by atoms with E-state index in [1.54, 1.807) is 11.0 Å². The number of terminal acetylenes is 1. The van der Waals surface area contributed by atoms with Gasteiger partial charge in [0.05, 0.1) is 41.2 Å². The second-order valence-electron chi connectivity index (χ2n) is 15.2. The van der Waals surface area contributed by atoms with Gasteiger partial charge in [-0.2, -0.15) is 9.97 Å². The van der Waals surface area contributed by atoms with Crippen LogP contribution in [0.1, 0.15) is 37.7 Å². The molecule has 6 fully saturated rings. The van der Waals surface area contributed by atoms with Crippen LogP contribution in [0.3, 0.4) is 0 Å². The zero-order chi connectivity index (χ0) is 34.4. The zero-order valence-electron chi connectivity index (χ0n) is 27.0. The number of halogens is 5. The molecule has 0 unspecified atom stereocenters. The Morgan fingerprint density at radius 1 is 1.08 bits per heavy atom. The highest BCUT2D eigenvalue weighted by atomic mass is 19.3. The van der Waals surface area contributed by atoms with E-state index in [2.05, 4.69) is 20.8 Å². The van der Waals surface area contributed by atoms with E-state index >= 15 is 8.78 Å². The first-order chi connectivity index (χ1) is 24.0. The summed E-state index contributed by atoms with van der Waals surface area (Å²) in [7, 11) is 0. The summed E-state index contributed by atoms with van der Waals surface area (Å²) in [6.07, 6.45) is 8.95. The smallest absolute Gasteiger partial charge is 0.319 e. The van der Waals surface area contributed by atoms with Gasteiger partial charge in [-0.3, -0.25) is 9.88 Å². The third-order valence-electron chi connectivity index (χ3n) is 12.7. The van der Waals surface area contributed by atoms with Crippen molar-refractivity contribution in [3.8, 4) is 29.6 Å². The Labute approximate surface area is 284 Å². The SMILES string of the molecule is C#Cc1c(F)ccc2cc(N)cc(-c3ncc4c(N5CCOC[C@H]6[C@H](F)[C@H]65)nc(OC[C@]56C[C@]7(CN5CCC65CC5)CC7(F)F)nc4c3F)c12. The fourth-order valence-electron chi connectivity index (χ4n) is 9.70. The van der Waals surface area contributed by atoms with E-state index in [9.17, 15) is 13.2 Å². The van der Waals surface area contributed by atoms with Crippen molar-refractivity contribution in [1.29, 1.82) is 0 Å². The molecular weight excluding hydrogens is 655 g/mol. The van der Waals surface area contributed by atoms with Gasteiger partial charge >= 0.3 is 6.01 Å². The second-order valence-corrected chi connectivity index (χ2v) is 15.2. The minimum Gasteiger partial charge on any atom is -0.461 e. The number of nitrogens with two attached hydrogens (primary N) is 1. The van der Waals surface area contributed by atoms with Crippen molar-refractivity contribution in [1.82, 2.24) is 19.9 Å². The molecule has 3 saturated carbocycles. The Morgan fingerprint density at radius 3 is 2.66 bits per heavy atom. The maximum absolute atomic E-state index is 17.0. The van der Waals surface area contributed by atoms with E-state index in [-0.39, 0.29) is 75.9 Å². The molecule has 5 heterocycles. The Balaban J connectivity index is 1.12. The molecule has 3 aliphatic carbocycles. The van der Waals surface area contributed by atoms with Gasteiger partial charge in [0.1, 0.15) is 35.6 Å². The van der Waals surface area contributed by atoms with Crippen molar-refractivity contribution in [2.75, 3.05) is 50.1 Å². The van der Waals surface area contributed by atoms with Crippen molar-refractivity contribution in [2.24, 2.45) is 16.7 Å². The Morgan fingerprint density at radius 2 is 1.90 bits per heavy atom. The number of rotatable bonds is 5. The molecule has 2 N–H and O–H groups in total. The molecule has 6 aliphatic rings. The maximum atomic E-state index is 17.0. The lowest BCUT2D eigenvalue weighted by molar-refractivity contribution is 0.0541. The van der Waals surface area contributed by atoms with E-state index in [1.807, 2.05) is 0 Å². The predicted molar refractivity (Wildman–Crippen MR) is 176 cm³/mol. The first-order valence-electron chi connectivity index (χ1n) is 17.1. The Kier molecular flexibility index (Phi) is 6.07. The third kappa shape index (κ3) is 4.03. The number of ether oxygens (including phenoxy) is 2. The fraction of sp³-hybridized carbons (Fsp3) is 0.486. The van der Waals surface area contributed by atoms with Crippen LogP contribution in [0.25, 0.3) is 32.9 Å². The highest BCUT2D eigenvalue weighted by molar-refractivity contribution is 6.03. The number of anilines is 2. The fourth-order valence-corrected chi connectivity index (χ4v) is 9.70. The number of benzene rings is 2. The van der Waals surface area contributed by atoms with Gasteiger partial charge in [0.2, 0.25) is 0 Å². The summed E-state index contributed by atoms with van der Waals surface area (Å²) < 4.78 is 88.6. The minimum absolute atomic E-state index is 0.0607. The van der Waals surface area contributed by atoms with Crippen molar-refractivity contribution in [2.45, 2.75) is 55.8 Å². The number of nitrogen functional groups attached to an aromatic ring is 1.